The smallest absolute Gasteiger partial charge is 0.240 e. The van der Waals surface area contributed by atoms with Gasteiger partial charge in [0.05, 0.1) is 18.1 Å². The van der Waals surface area contributed by atoms with Gasteiger partial charge in [-0.25, -0.2) is 13.1 Å². The third-order valence-electron chi connectivity index (χ3n) is 2.09. The lowest BCUT2D eigenvalue weighted by Crippen LogP contribution is -2.27. The monoisotopic (exact) mass is 277 g/mol. The molecule has 0 aliphatic carbocycles. The normalized spacial score (nSPS) is 11.6. The van der Waals surface area contributed by atoms with Gasteiger partial charge in [-0.15, -0.1) is 11.6 Å². The molecule has 0 radical (unpaired) electrons. The predicted molar refractivity (Wildman–Crippen MR) is 67.9 cm³/mol. The highest BCUT2D eigenvalue weighted by Crippen LogP contribution is 2.09. The van der Waals surface area contributed by atoms with E-state index in [2.05, 4.69) is 4.72 Å². The Kier molecular flexibility index (Phi) is 5.91. The number of benzene rings is 1. The van der Waals surface area contributed by atoms with Crippen molar-refractivity contribution in [1.29, 1.82) is 0 Å². The molecule has 1 aromatic rings. The van der Waals surface area contributed by atoms with Gasteiger partial charge >= 0.3 is 0 Å². The molecule has 1 N–H and O–H groups in total. The summed E-state index contributed by atoms with van der Waals surface area (Å²) in [6.07, 6.45) is 0. The van der Waals surface area contributed by atoms with Crippen LogP contribution in [-0.2, 0) is 14.8 Å². The van der Waals surface area contributed by atoms with Gasteiger partial charge in [0.15, 0.2) is 0 Å². The lowest BCUT2D eigenvalue weighted by Gasteiger charge is -2.07. The fraction of sp³-hybridized carbons (Fsp3) is 0.455. The first-order valence-corrected chi connectivity index (χ1v) is 7.28. The first kappa shape index (κ1) is 14.4. The van der Waals surface area contributed by atoms with Crippen LogP contribution < -0.4 is 4.72 Å². The minimum atomic E-state index is -3.43. The van der Waals surface area contributed by atoms with Crippen LogP contribution in [0.15, 0.2) is 29.2 Å². The molecule has 0 aliphatic heterocycles. The van der Waals surface area contributed by atoms with E-state index in [1.807, 2.05) is 6.92 Å². The fourth-order valence-electron chi connectivity index (χ4n) is 1.21. The quantitative estimate of drug-likeness (QED) is 0.607. The summed E-state index contributed by atoms with van der Waals surface area (Å²) in [5.41, 5.74) is 1.02. The van der Waals surface area contributed by atoms with Crippen LogP contribution in [0.25, 0.3) is 0 Å². The van der Waals surface area contributed by atoms with E-state index >= 15 is 0 Å². The number of alkyl halides is 1. The zero-order valence-corrected chi connectivity index (χ0v) is 11.2. The van der Waals surface area contributed by atoms with Crippen molar-refractivity contribution in [1.82, 2.24) is 4.72 Å². The van der Waals surface area contributed by atoms with E-state index < -0.39 is 10.0 Å². The Balaban J connectivity index is 2.48. The van der Waals surface area contributed by atoms with Gasteiger partial charge in [-0.05, 0) is 19.1 Å². The summed E-state index contributed by atoms with van der Waals surface area (Å²) < 4.78 is 31.1. The molecule has 4 nitrogen and oxygen atoms in total. The van der Waals surface area contributed by atoms with E-state index in [1.165, 1.54) is 0 Å². The average Bonchev–Trinajstić information content (AvgIpc) is 2.29. The molecule has 0 aliphatic rings. The molecule has 0 saturated carbocycles. The number of halogens is 1. The summed E-state index contributed by atoms with van der Waals surface area (Å²) in [6, 6.07) is 6.69. The van der Waals surface area contributed by atoms with Crippen molar-refractivity contribution in [2.24, 2.45) is 0 Å². The molecule has 0 bridgehead atoms. The molecule has 0 fully saturated rings. The van der Waals surface area contributed by atoms with E-state index in [4.69, 9.17) is 16.3 Å². The van der Waals surface area contributed by atoms with Crippen molar-refractivity contribution >= 4 is 21.6 Å². The Morgan fingerprint density at radius 3 is 2.47 bits per heavy atom. The van der Waals surface area contributed by atoms with Crippen LogP contribution in [0.5, 0.6) is 0 Å². The topological polar surface area (TPSA) is 55.4 Å². The van der Waals surface area contributed by atoms with Crippen LogP contribution in [0.2, 0.25) is 0 Å². The summed E-state index contributed by atoms with van der Waals surface area (Å²) in [4.78, 5) is 0.264. The molecule has 0 unspecified atom stereocenters. The van der Waals surface area contributed by atoms with Gasteiger partial charge < -0.3 is 4.74 Å². The second-order valence-corrected chi connectivity index (χ2v) is 5.66. The number of hydrogen-bond donors (Lipinski definition) is 1. The molecule has 96 valence electrons. The largest absolute Gasteiger partial charge is 0.379 e. The third kappa shape index (κ3) is 5.04. The number of aryl methyl sites for hydroxylation is 1. The Bertz CT molecular complexity index is 431. The molecular weight excluding hydrogens is 262 g/mol. The Morgan fingerprint density at radius 1 is 1.24 bits per heavy atom. The maximum atomic E-state index is 11.8. The van der Waals surface area contributed by atoms with Crippen LogP contribution >= 0.6 is 11.6 Å². The summed E-state index contributed by atoms with van der Waals surface area (Å²) in [5, 5.41) is 0. The van der Waals surface area contributed by atoms with Crippen LogP contribution in [0.3, 0.4) is 0 Å². The lowest BCUT2D eigenvalue weighted by atomic mass is 10.2. The number of rotatable bonds is 7. The summed E-state index contributed by atoms with van der Waals surface area (Å²) in [6.45, 7) is 2.89. The molecule has 0 heterocycles. The molecule has 0 atom stereocenters. The Hall–Kier alpha value is -0.620. The van der Waals surface area contributed by atoms with E-state index in [0.29, 0.717) is 19.1 Å². The number of nitrogens with one attached hydrogen (secondary N) is 1. The average molecular weight is 278 g/mol. The number of sulfonamides is 1. The fourth-order valence-corrected chi connectivity index (χ4v) is 2.33. The van der Waals surface area contributed by atoms with Gasteiger partial charge in [0, 0.05) is 12.4 Å². The summed E-state index contributed by atoms with van der Waals surface area (Å²) in [7, 11) is -3.43. The molecular formula is C11H16ClNO3S. The number of hydrogen-bond acceptors (Lipinski definition) is 3. The maximum Gasteiger partial charge on any atom is 0.240 e. The third-order valence-corrected chi connectivity index (χ3v) is 3.72. The van der Waals surface area contributed by atoms with Crippen molar-refractivity contribution in [3.8, 4) is 0 Å². The van der Waals surface area contributed by atoms with Crippen molar-refractivity contribution in [3.05, 3.63) is 29.8 Å². The van der Waals surface area contributed by atoms with E-state index in [9.17, 15) is 8.42 Å². The van der Waals surface area contributed by atoms with Gasteiger partial charge in [0.2, 0.25) is 10.0 Å². The molecule has 0 amide bonds. The molecule has 1 aromatic carbocycles. The van der Waals surface area contributed by atoms with Gasteiger partial charge in [0.1, 0.15) is 0 Å². The highest BCUT2D eigenvalue weighted by molar-refractivity contribution is 7.89. The van der Waals surface area contributed by atoms with Crippen molar-refractivity contribution in [2.45, 2.75) is 11.8 Å². The second kappa shape index (κ2) is 6.96. The van der Waals surface area contributed by atoms with Crippen molar-refractivity contribution in [2.75, 3.05) is 25.6 Å². The lowest BCUT2D eigenvalue weighted by molar-refractivity contribution is 0.155. The first-order chi connectivity index (χ1) is 8.06. The van der Waals surface area contributed by atoms with Gasteiger partial charge in [-0.1, -0.05) is 17.7 Å². The Morgan fingerprint density at radius 2 is 1.88 bits per heavy atom. The predicted octanol–water partition coefficient (Wildman–Crippen LogP) is 1.53. The van der Waals surface area contributed by atoms with Crippen LogP contribution in [0.4, 0.5) is 0 Å². The van der Waals surface area contributed by atoms with Crippen LogP contribution in [-0.4, -0.2) is 34.1 Å². The first-order valence-electron chi connectivity index (χ1n) is 5.26. The maximum absolute atomic E-state index is 11.8. The highest BCUT2D eigenvalue weighted by atomic mass is 35.5. The highest BCUT2D eigenvalue weighted by Gasteiger charge is 2.12. The molecule has 1 rings (SSSR count). The molecule has 6 heteroatoms. The van der Waals surface area contributed by atoms with E-state index in [0.717, 1.165) is 5.56 Å². The number of ether oxygens (including phenoxy) is 1. The molecule has 0 spiro atoms. The minimum absolute atomic E-state index is 0.243. The summed E-state index contributed by atoms with van der Waals surface area (Å²) >= 11 is 5.42. The van der Waals surface area contributed by atoms with Crippen molar-refractivity contribution in [3.63, 3.8) is 0 Å². The zero-order chi connectivity index (χ0) is 12.7. The van der Waals surface area contributed by atoms with Gasteiger partial charge in [0.25, 0.3) is 0 Å². The standard InChI is InChI=1S/C11H16ClNO3S/c1-10-2-4-11(5-3-10)17(14,15)13-7-9-16-8-6-12/h2-5,13H,6-9H2,1H3. The SMILES string of the molecule is Cc1ccc(S(=O)(=O)NCCOCCCl)cc1. The molecule has 0 saturated heterocycles. The minimum Gasteiger partial charge on any atom is -0.379 e. The van der Waals surface area contributed by atoms with Crippen LogP contribution in [0.1, 0.15) is 5.56 Å². The molecule has 0 aromatic heterocycles. The zero-order valence-electron chi connectivity index (χ0n) is 9.65. The van der Waals surface area contributed by atoms with E-state index in [1.54, 1.807) is 24.3 Å². The van der Waals surface area contributed by atoms with E-state index in [-0.39, 0.29) is 11.4 Å². The van der Waals surface area contributed by atoms with Crippen molar-refractivity contribution < 1.29 is 13.2 Å². The Labute approximate surface area is 107 Å². The van der Waals surface area contributed by atoms with Gasteiger partial charge in [-0.3, -0.25) is 0 Å². The molecule has 17 heavy (non-hydrogen) atoms. The van der Waals surface area contributed by atoms with Crippen LogP contribution in [0, 0.1) is 6.92 Å². The second-order valence-electron chi connectivity index (χ2n) is 3.51. The summed E-state index contributed by atoms with van der Waals surface area (Å²) in [5.74, 6) is 0.407. The van der Waals surface area contributed by atoms with Gasteiger partial charge in [-0.2, -0.15) is 0 Å².